The number of hydrogen-bond donors (Lipinski definition) is 2. The molecule has 0 aliphatic carbocycles. The van der Waals surface area contributed by atoms with Crippen LogP contribution in [0.5, 0.6) is 17.2 Å². The van der Waals surface area contributed by atoms with Crippen molar-refractivity contribution in [2.24, 2.45) is 0 Å². The molecule has 7 heteroatoms. The molecule has 0 aromatic heterocycles. The van der Waals surface area contributed by atoms with E-state index in [1.54, 1.807) is 12.1 Å². The summed E-state index contributed by atoms with van der Waals surface area (Å²) in [5.74, 6) is -0.292. The van der Waals surface area contributed by atoms with E-state index in [2.05, 4.69) is 47.8 Å². The van der Waals surface area contributed by atoms with Crippen molar-refractivity contribution in [3.63, 3.8) is 0 Å². The Labute approximate surface area is 146 Å². The number of rotatable bonds is 4. The monoisotopic (exact) mass is 478 g/mol. The number of carbonyl (C=O) groups is 1. The predicted molar refractivity (Wildman–Crippen MR) is 89.1 cm³/mol. The predicted octanol–water partition coefficient (Wildman–Crippen LogP) is 4.65. The molecule has 0 bridgehead atoms. The molecule has 0 aliphatic rings. The van der Waals surface area contributed by atoms with Crippen molar-refractivity contribution in [1.29, 1.82) is 0 Å². The van der Waals surface area contributed by atoms with E-state index in [0.29, 0.717) is 14.7 Å². The van der Waals surface area contributed by atoms with Crippen molar-refractivity contribution in [2.75, 3.05) is 6.61 Å². The van der Waals surface area contributed by atoms with Gasteiger partial charge >= 0.3 is 0 Å². The highest BCUT2D eigenvalue weighted by molar-refractivity contribution is 9.11. The average molecular weight is 481 g/mol. The lowest BCUT2D eigenvalue weighted by Crippen LogP contribution is -2.12. The number of phenols is 2. The SMILES string of the molecule is O=C(COc1c(Br)cc(Br)cc1Br)c1ccc(O)cc1O. The molecule has 4 nitrogen and oxygen atoms in total. The second-order valence-corrected chi connectivity index (χ2v) is 6.74. The molecule has 110 valence electrons. The molecule has 0 saturated heterocycles. The Morgan fingerprint density at radius 1 is 1.05 bits per heavy atom. The standard InChI is InChI=1S/C14H9Br3O4/c15-7-3-10(16)14(11(17)4-7)21-6-13(20)9-2-1-8(18)5-12(9)19/h1-5,18-19H,6H2. The number of benzene rings is 2. The van der Waals surface area contributed by atoms with Crippen LogP contribution >= 0.6 is 47.8 Å². The van der Waals surface area contributed by atoms with E-state index in [9.17, 15) is 15.0 Å². The summed E-state index contributed by atoms with van der Waals surface area (Å²) >= 11 is 10.0. The van der Waals surface area contributed by atoms with E-state index in [-0.39, 0.29) is 23.7 Å². The molecule has 2 aromatic rings. The van der Waals surface area contributed by atoms with Gasteiger partial charge in [0, 0.05) is 10.5 Å². The zero-order valence-electron chi connectivity index (χ0n) is 10.4. The third-order valence-corrected chi connectivity index (χ3v) is 4.23. The first-order valence-corrected chi connectivity index (χ1v) is 8.09. The summed E-state index contributed by atoms with van der Waals surface area (Å²) in [6, 6.07) is 7.38. The number of aromatic hydroxyl groups is 2. The van der Waals surface area contributed by atoms with Gasteiger partial charge in [0.2, 0.25) is 5.78 Å². The fourth-order valence-electron chi connectivity index (χ4n) is 1.64. The van der Waals surface area contributed by atoms with Crippen molar-refractivity contribution in [3.8, 4) is 17.2 Å². The molecular weight excluding hydrogens is 472 g/mol. The van der Waals surface area contributed by atoms with Crippen LogP contribution in [0.1, 0.15) is 10.4 Å². The molecule has 0 aliphatic heterocycles. The first-order chi connectivity index (χ1) is 9.88. The smallest absolute Gasteiger partial charge is 0.203 e. The normalized spacial score (nSPS) is 10.4. The van der Waals surface area contributed by atoms with Gasteiger partial charge in [0.25, 0.3) is 0 Å². The molecule has 0 radical (unpaired) electrons. The molecule has 0 atom stereocenters. The van der Waals surface area contributed by atoms with Crippen molar-refractivity contribution in [3.05, 3.63) is 49.3 Å². The zero-order chi connectivity index (χ0) is 15.6. The maximum Gasteiger partial charge on any atom is 0.203 e. The van der Waals surface area contributed by atoms with E-state index >= 15 is 0 Å². The number of ether oxygens (including phenoxy) is 1. The van der Waals surface area contributed by atoms with Crippen LogP contribution in [0, 0.1) is 0 Å². The lowest BCUT2D eigenvalue weighted by atomic mass is 10.1. The quantitative estimate of drug-likeness (QED) is 0.625. The maximum atomic E-state index is 12.0. The van der Waals surface area contributed by atoms with E-state index in [1.807, 2.05) is 0 Å². The lowest BCUT2D eigenvalue weighted by Gasteiger charge is -2.11. The molecule has 0 saturated carbocycles. The van der Waals surface area contributed by atoms with Gasteiger partial charge < -0.3 is 14.9 Å². The Kier molecular flexibility index (Phi) is 5.29. The molecule has 21 heavy (non-hydrogen) atoms. The number of Topliss-reactive ketones (excluding diaryl/α,β-unsaturated/α-hetero) is 1. The van der Waals surface area contributed by atoms with E-state index in [1.165, 1.54) is 12.1 Å². The molecule has 0 heterocycles. The van der Waals surface area contributed by atoms with Gasteiger partial charge in [-0.15, -0.1) is 0 Å². The second-order valence-electron chi connectivity index (χ2n) is 4.11. The number of halogens is 3. The van der Waals surface area contributed by atoms with Crippen LogP contribution in [0.2, 0.25) is 0 Å². The van der Waals surface area contributed by atoms with Gasteiger partial charge in [-0.1, -0.05) is 15.9 Å². The van der Waals surface area contributed by atoms with Gasteiger partial charge in [-0.25, -0.2) is 0 Å². The van der Waals surface area contributed by atoms with Crippen molar-refractivity contribution in [1.82, 2.24) is 0 Å². The Balaban J connectivity index is 2.15. The Hall–Kier alpha value is -1.05. The molecule has 0 spiro atoms. The molecular formula is C14H9Br3O4. The summed E-state index contributed by atoms with van der Waals surface area (Å²) in [7, 11) is 0. The van der Waals surface area contributed by atoms with Crippen LogP contribution in [0.15, 0.2) is 43.7 Å². The van der Waals surface area contributed by atoms with Crippen molar-refractivity contribution < 1.29 is 19.7 Å². The molecule has 2 N–H and O–H groups in total. The minimum absolute atomic E-state index is 0.0946. The Morgan fingerprint density at radius 3 is 2.24 bits per heavy atom. The third-order valence-electron chi connectivity index (χ3n) is 2.59. The second kappa shape index (κ2) is 6.81. The summed E-state index contributed by atoms with van der Waals surface area (Å²) in [6.45, 7) is -0.239. The number of phenolic OH excluding ortho intramolecular Hbond substituents is 2. The highest BCUT2D eigenvalue weighted by Crippen LogP contribution is 2.36. The molecule has 2 aromatic carbocycles. The van der Waals surface area contributed by atoms with Crippen molar-refractivity contribution in [2.45, 2.75) is 0 Å². The lowest BCUT2D eigenvalue weighted by molar-refractivity contribution is 0.0917. The Bertz CT molecular complexity index is 678. The topological polar surface area (TPSA) is 66.8 Å². The van der Waals surface area contributed by atoms with Gasteiger partial charge in [-0.3, -0.25) is 4.79 Å². The molecule has 0 fully saturated rings. The van der Waals surface area contributed by atoms with Gasteiger partial charge in [0.05, 0.1) is 14.5 Å². The fraction of sp³-hybridized carbons (Fsp3) is 0.0714. The van der Waals surface area contributed by atoms with E-state index in [0.717, 1.165) is 10.5 Å². The van der Waals surface area contributed by atoms with Gasteiger partial charge in [0.15, 0.2) is 6.61 Å². The number of hydrogen-bond acceptors (Lipinski definition) is 4. The number of carbonyl (C=O) groups excluding carboxylic acids is 1. The van der Waals surface area contributed by atoms with Crippen LogP contribution in [0.4, 0.5) is 0 Å². The van der Waals surface area contributed by atoms with Crippen LogP contribution in [-0.4, -0.2) is 22.6 Å². The zero-order valence-corrected chi connectivity index (χ0v) is 15.2. The largest absolute Gasteiger partial charge is 0.508 e. The van der Waals surface area contributed by atoms with Gasteiger partial charge in [-0.2, -0.15) is 0 Å². The molecule has 0 amide bonds. The summed E-state index contributed by atoms with van der Waals surface area (Å²) in [5, 5.41) is 18.9. The summed E-state index contributed by atoms with van der Waals surface area (Å²) in [5.41, 5.74) is 0.0946. The Morgan fingerprint density at radius 2 is 1.67 bits per heavy atom. The van der Waals surface area contributed by atoms with Crippen LogP contribution in [-0.2, 0) is 0 Å². The third kappa shape index (κ3) is 3.99. The van der Waals surface area contributed by atoms with Crippen LogP contribution in [0.3, 0.4) is 0 Å². The number of ketones is 1. The summed E-state index contributed by atoms with van der Waals surface area (Å²) in [6.07, 6.45) is 0. The highest BCUT2D eigenvalue weighted by atomic mass is 79.9. The van der Waals surface area contributed by atoms with Gasteiger partial charge in [0.1, 0.15) is 17.2 Å². The summed E-state index contributed by atoms with van der Waals surface area (Å²) < 4.78 is 7.72. The molecule has 2 rings (SSSR count). The van der Waals surface area contributed by atoms with E-state index in [4.69, 9.17) is 4.74 Å². The molecule has 0 unspecified atom stereocenters. The maximum absolute atomic E-state index is 12.0. The summed E-state index contributed by atoms with van der Waals surface area (Å²) in [4.78, 5) is 12.0. The van der Waals surface area contributed by atoms with Gasteiger partial charge in [-0.05, 0) is 56.1 Å². The minimum Gasteiger partial charge on any atom is -0.508 e. The minimum atomic E-state index is -0.394. The fourth-order valence-corrected chi connectivity index (χ4v) is 4.13. The average Bonchev–Trinajstić information content (AvgIpc) is 2.36. The van der Waals surface area contributed by atoms with Crippen molar-refractivity contribution >= 4 is 53.6 Å². The van der Waals surface area contributed by atoms with E-state index < -0.39 is 5.78 Å². The first-order valence-electron chi connectivity index (χ1n) is 5.71. The van der Waals surface area contributed by atoms with Crippen LogP contribution in [0.25, 0.3) is 0 Å². The first kappa shape index (κ1) is 16.3. The van der Waals surface area contributed by atoms with Crippen LogP contribution < -0.4 is 4.74 Å². The highest BCUT2D eigenvalue weighted by Gasteiger charge is 2.15.